The topological polar surface area (TPSA) is 71.3 Å². The molecule has 0 fully saturated rings. The van der Waals surface area contributed by atoms with E-state index in [0.29, 0.717) is 27.9 Å². The zero-order chi connectivity index (χ0) is 16.6. The predicted octanol–water partition coefficient (Wildman–Crippen LogP) is 3.16. The Bertz CT molecular complexity index is 760. The van der Waals surface area contributed by atoms with Gasteiger partial charge in [-0.25, -0.2) is 0 Å². The van der Waals surface area contributed by atoms with Gasteiger partial charge < -0.3 is 4.42 Å². The second-order valence-corrected chi connectivity index (χ2v) is 7.28. The number of fused-ring (bicyclic) bond motifs is 1. The molecule has 0 saturated carbocycles. The Morgan fingerprint density at radius 3 is 2.65 bits per heavy atom. The van der Waals surface area contributed by atoms with Crippen molar-refractivity contribution in [3.8, 4) is 0 Å². The third-order valence-corrected chi connectivity index (χ3v) is 5.36. The summed E-state index contributed by atoms with van der Waals surface area (Å²) in [4.78, 5) is 26.2. The summed E-state index contributed by atoms with van der Waals surface area (Å²) >= 11 is 1.52. The highest BCUT2D eigenvalue weighted by molar-refractivity contribution is 7.14. The highest BCUT2D eigenvalue weighted by Crippen LogP contribution is 2.32. The summed E-state index contributed by atoms with van der Waals surface area (Å²) in [5.74, 6) is 1.22. The van der Waals surface area contributed by atoms with Crippen LogP contribution in [-0.4, -0.2) is 11.8 Å². The molecule has 2 N–H and O–H groups in total. The molecule has 0 saturated heterocycles. The lowest BCUT2D eigenvalue weighted by atomic mass is 9.90. The number of hydrogen-bond donors (Lipinski definition) is 2. The molecular formula is C17H20N2O3S. The van der Waals surface area contributed by atoms with Crippen LogP contribution >= 0.6 is 11.3 Å². The third kappa shape index (κ3) is 3.32. The largest absolute Gasteiger partial charge is 0.466 e. The first-order valence-electron chi connectivity index (χ1n) is 7.73. The Labute approximate surface area is 139 Å². The van der Waals surface area contributed by atoms with Crippen LogP contribution in [0.15, 0.2) is 16.5 Å². The first-order valence-corrected chi connectivity index (χ1v) is 8.55. The van der Waals surface area contributed by atoms with E-state index < -0.39 is 0 Å². The van der Waals surface area contributed by atoms with Crippen molar-refractivity contribution in [2.45, 2.75) is 40.0 Å². The number of furan rings is 1. The van der Waals surface area contributed by atoms with Gasteiger partial charge >= 0.3 is 0 Å². The van der Waals surface area contributed by atoms with Crippen molar-refractivity contribution in [2.75, 3.05) is 0 Å². The van der Waals surface area contributed by atoms with Gasteiger partial charge in [0.15, 0.2) is 0 Å². The lowest BCUT2D eigenvalue weighted by Crippen LogP contribution is -2.41. The van der Waals surface area contributed by atoms with Crippen LogP contribution in [0.5, 0.6) is 0 Å². The minimum Gasteiger partial charge on any atom is -0.466 e. The number of hydrazine groups is 1. The summed E-state index contributed by atoms with van der Waals surface area (Å²) in [5.41, 5.74) is 6.64. The third-order valence-electron chi connectivity index (χ3n) is 4.13. The summed E-state index contributed by atoms with van der Waals surface area (Å²) < 4.78 is 5.32. The molecule has 0 spiro atoms. The van der Waals surface area contributed by atoms with E-state index in [1.807, 2.05) is 6.07 Å². The minimum absolute atomic E-state index is 0.275. The average Bonchev–Trinajstić information content (AvgIpc) is 3.06. The molecule has 0 aromatic carbocycles. The molecule has 1 unspecified atom stereocenters. The van der Waals surface area contributed by atoms with Crippen LogP contribution in [-0.2, 0) is 12.8 Å². The zero-order valence-corrected chi connectivity index (χ0v) is 14.3. The molecule has 2 aromatic heterocycles. The molecule has 2 heterocycles. The highest BCUT2D eigenvalue weighted by Gasteiger charge is 2.21. The highest BCUT2D eigenvalue weighted by atomic mass is 32.1. The molecule has 6 heteroatoms. The Morgan fingerprint density at radius 2 is 1.96 bits per heavy atom. The second kappa shape index (κ2) is 6.20. The number of aryl methyl sites for hydroxylation is 3. The van der Waals surface area contributed by atoms with Gasteiger partial charge in [0.05, 0.1) is 10.4 Å². The molecule has 0 aliphatic heterocycles. The maximum absolute atomic E-state index is 12.2. The molecule has 0 radical (unpaired) electrons. The molecule has 2 amide bonds. The van der Waals surface area contributed by atoms with Crippen molar-refractivity contribution in [1.29, 1.82) is 0 Å². The Hall–Kier alpha value is -2.08. The number of carbonyl (C=O) groups excluding carboxylic acids is 2. The van der Waals surface area contributed by atoms with Gasteiger partial charge in [0.1, 0.15) is 11.5 Å². The van der Waals surface area contributed by atoms with Crippen molar-refractivity contribution in [3.63, 3.8) is 0 Å². The van der Waals surface area contributed by atoms with E-state index in [2.05, 4.69) is 17.8 Å². The van der Waals surface area contributed by atoms with E-state index in [4.69, 9.17) is 4.42 Å². The number of nitrogens with one attached hydrogen (secondary N) is 2. The van der Waals surface area contributed by atoms with Gasteiger partial charge in [-0.1, -0.05) is 6.92 Å². The van der Waals surface area contributed by atoms with Gasteiger partial charge in [0.25, 0.3) is 11.8 Å². The number of rotatable bonds is 2. The van der Waals surface area contributed by atoms with Crippen LogP contribution in [0.2, 0.25) is 0 Å². The molecule has 1 aliphatic carbocycles. The maximum Gasteiger partial charge on any atom is 0.279 e. The SMILES string of the molecule is Cc1cc(C(=O)NNC(=O)c2cc3c(s2)CCC(C)C3)c(C)o1. The van der Waals surface area contributed by atoms with Crippen LogP contribution < -0.4 is 10.9 Å². The van der Waals surface area contributed by atoms with E-state index in [-0.39, 0.29) is 11.8 Å². The Balaban J connectivity index is 1.64. The predicted molar refractivity (Wildman–Crippen MR) is 88.6 cm³/mol. The molecule has 0 bridgehead atoms. The number of hydrogen-bond acceptors (Lipinski definition) is 4. The molecular weight excluding hydrogens is 312 g/mol. The monoisotopic (exact) mass is 332 g/mol. The molecule has 3 rings (SSSR count). The van der Waals surface area contributed by atoms with Crippen molar-refractivity contribution in [3.05, 3.63) is 44.5 Å². The maximum atomic E-state index is 12.2. The summed E-state index contributed by atoms with van der Waals surface area (Å²) in [6, 6.07) is 3.60. The fraction of sp³-hybridized carbons (Fsp3) is 0.412. The minimum atomic E-state index is -0.373. The Kier molecular flexibility index (Phi) is 4.26. The van der Waals surface area contributed by atoms with Gasteiger partial charge in [-0.05, 0) is 56.7 Å². The first-order chi connectivity index (χ1) is 10.9. The van der Waals surface area contributed by atoms with Crippen molar-refractivity contribution in [1.82, 2.24) is 10.9 Å². The van der Waals surface area contributed by atoms with Gasteiger partial charge in [-0.2, -0.15) is 0 Å². The molecule has 2 aromatic rings. The fourth-order valence-corrected chi connectivity index (χ4v) is 4.02. The smallest absolute Gasteiger partial charge is 0.279 e. The lowest BCUT2D eigenvalue weighted by molar-refractivity contribution is 0.0848. The normalized spacial score (nSPS) is 16.7. The lowest BCUT2D eigenvalue weighted by Gasteiger charge is -2.16. The number of carbonyl (C=O) groups is 2. The standard InChI is InChI=1S/C17H20N2O3S/c1-9-4-5-14-12(6-9)8-15(23-14)17(21)19-18-16(20)13-7-10(2)22-11(13)3/h7-9H,4-6H2,1-3H3,(H,18,20)(H,19,21). The van der Waals surface area contributed by atoms with E-state index in [9.17, 15) is 9.59 Å². The van der Waals surface area contributed by atoms with Gasteiger partial charge in [0, 0.05) is 4.88 Å². The van der Waals surface area contributed by atoms with E-state index in [1.165, 1.54) is 28.2 Å². The average molecular weight is 332 g/mol. The van der Waals surface area contributed by atoms with Crippen LogP contribution in [0.4, 0.5) is 0 Å². The summed E-state index contributed by atoms with van der Waals surface area (Å²) in [6.45, 7) is 5.73. The van der Waals surface area contributed by atoms with Gasteiger partial charge in [0.2, 0.25) is 0 Å². The van der Waals surface area contributed by atoms with Crippen molar-refractivity contribution < 1.29 is 14.0 Å². The fourth-order valence-electron chi connectivity index (χ4n) is 2.92. The molecule has 5 nitrogen and oxygen atoms in total. The van der Waals surface area contributed by atoms with Crippen molar-refractivity contribution in [2.24, 2.45) is 5.92 Å². The molecule has 1 aliphatic rings. The van der Waals surface area contributed by atoms with E-state index >= 15 is 0 Å². The summed E-state index contributed by atoms with van der Waals surface area (Å²) in [7, 11) is 0. The van der Waals surface area contributed by atoms with Crippen LogP contribution in [0.1, 0.15) is 55.3 Å². The number of amides is 2. The zero-order valence-electron chi connectivity index (χ0n) is 13.5. The summed E-state index contributed by atoms with van der Waals surface area (Å²) in [5, 5.41) is 0. The molecule has 122 valence electrons. The van der Waals surface area contributed by atoms with E-state index in [0.717, 1.165) is 12.8 Å². The van der Waals surface area contributed by atoms with Crippen molar-refractivity contribution >= 4 is 23.2 Å². The Morgan fingerprint density at radius 1 is 1.22 bits per heavy atom. The molecule has 23 heavy (non-hydrogen) atoms. The van der Waals surface area contributed by atoms with E-state index in [1.54, 1.807) is 19.9 Å². The first kappa shape index (κ1) is 15.8. The van der Waals surface area contributed by atoms with Crippen LogP contribution in [0, 0.1) is 19.8 Å². The van der Waals surface area contributed by atoms with Crippen LogP contribution in [0.25, 0.3) is 0 Å². The quantitative estimate of drug-likeness (QED) is 0.830. The van der Waals surface area contributed by atoms with Crippen LogP contribution in [0.3, 0.4) is 0 Å². The van der Waals surface area contributed by atoms with Gasteiger partial charge in [-0.3, -0.25) is 20.4 Å². The number of thiophene rings is 1. The molecule has 1 atom stereocenters. The second-order valence-electron chi connectivity index (χ2n) is 6.14. The summed E-state index contributed by atoms with van der Waals surface area (Å²) in [6.07, 6.45) is 3.23. The van der Waals surface area contributed by atoms with Gasteiger partial charge in [-0.15, -0.1) is 11.3 Å².